The predicted octanol–water partition coefficient (Wildman–Crippen LogP) is 2.75. The summed E-state index contributed by atoms with van der Waals surface area (Å²) < 4.78 is 1.79. The van der Waals surface area contributed by atoms with Gasteiger partial charge >= 0.3 is 0 Å². The van der Waals surface area contributed by atoms with Crippen LogP contribution < -0.4 is 5.56 Å². The molecule has 0 radical (unpaired) electrons. The molecule has 94 valence electrons. The van der Waals surface area contributed by atoms with Gasteiger partial charge in [0.25, 0.3) is 5.56 Å². The fourth-order valence-corrected chi connectivity index (χ4v) is 2.35. The molecule has 19 heavy (non-hydrogen) atoms. The highest BCUT2D eigenvalue weighted by Gasteiger charge is 2.09. The molecule has 3 aromatic rings. The fraction of sp³-hybridized carbons (Fsp3) is 0.0714. The van der Waals surface area contributed by atoms with E-state index in [-0.39, 0.29) is 5.56 Å². The van der Waals surface area contributed by atoms with Gasteiger partial charge in [0, 0.05) is 6.20 Å². The van der Waals surface area contributed by atoms with Gasteiger partial charge in [0.2, 0.25) is 0 Å². The number of nitrogens with one attached hydrogen (secondary N) is 1. The molecule has 0 aliphatic carbocycles. The first-order chi connectivity index (χ1) is 9.18. The summed E-state index contributed by atoms with van der Waals surface area (Å²) in [5.74, 6) is 0.569. The molecule has 5 heteroatoms. The van der Waals surface area contributed by atoms with E-state index >= 15 is 0 Å². The van der Waals surface area contributed by atoms with E-state index in [4.69, 9.17) is 12.2 Å². The van der Waals surface area contributed by atoms with Crippen LogP contribution in [-0.4, -0.2) is 14.5 Å². The number of aryl methyl sites for hydroxylation is 1. The maximum atomic E-state index is 12.5. The number of aromatic nitrogens is 3. The van der Waals surface area contributed by atoms with Gasteiger partial charge in [0.15, 0.2) is 4.77 Å². The van der Waals surface area contributed by atoms with Crippen LogP contribution >= 0.6 is 12.2 Å². The van der Waals surface area contributed by atoms with Gasteiger partial charge in [-0.1, -0.05) is 18.2 Å². The van der Waals surface area contributed by atoms with Crippen LogP contribution in [0.1, 0.15) is 5.56 Å². The Hall–Kier alpha value is -2.27. The number of hydrogen-bond acceptors (Lipinski definition) is 3. The van der Waals surface area contributed by atoms with Crippen molar-refractivity contribution >= 4 is 23.1 Å². The van der Waals surface area contributed by atoms with E-state index < -0.39 is 0 Å². The molecule has 4 nitrogen and oxygen atoms in total. The summed E-state index contributed by atoms with van der Waals surface area (Å²) in [7, 11) is 0. The van der Waals surface area contributed by atoms with E-state index in [1.165, 1.54) is 4.57 Å². The average molecular weight is 269 g/mol. The average Bonchev–Trinajstić information content (AvgIpc) is 2.41. The second-order valence-corrected chi connectivity index (χ2v) is 4.65. The van der Waals surface area contributed by atoms with Crippen LogP contribution in [0.4, 0.5) is 0 Å². The molecular formula is C14H11N3OS. The number of fused-ring (bicyclic) bond motifs is 1. The molecule has 3 rings (SSSR count). The topological polar surface area (TPSA) is 50.7 Å². The van der Waals surface area contributed by atoms with Crippen LogP contribution in [-0.2, 0) is 0 Å². The number of nitrogens with zero attached hydrogens (tertiary/aromatic N) is 2. The first-order valence-electron chi connectivity index (χ1n) is 5.84. The van der Waals surface area contributed by atoms with Crippen molar-refractivity contribution in [3.8, 4) is 5.82 Å². The van der Waals surface area contributed by atoms with Crippen molar-refractivity contribution in [3.05, 3.63) is 63.3 Å². The lowest BCUT2D eigenvalue weighted by molar-refractivity contribution is 0.890. The van der Waals surface area contributed by atoms with E-state index in [9.17, 15) is 4.79 Å². The van der Waals surface area contributed by atoms with Gasteiger partial charge in [-0.25, -0.2) is 9.55 Å². The summed E-state index contributed by atoms with van der Waals surface area (Å²) in [4.78, 5) is 19.9. The Morgan fingerprint density at radius 1 is 1.21 bits per heavy atom. The fourth-order valence-electron chi connectivity index (χ4n) is 2.07. The number of para-hydroxylation sites is 1. The molecule has 2 aromatic heterocycles. The van der Waals surface area contributed by atoms with Crippen LogP contribution in [0, 0.1) is 11.7 Å². The molecule has 1 aromatic carbocycles. The van der Waals surface area contributed by atoms with Gasteiger partial charge < -0.3 is 4.98 Å². The molecule has 0 atom stereocenters. The molecule has 0 aliphatic heterocycles. The third kappa shape index (κ3) is 1.88. The Bertz CT molecular complexity index is 879. The monoisotopic (exact) mass is 269 g/mol. The number of rotatable bonds is 1. The number of H-pyrrole nitrogens is 1. The Labute approximate surface area is 114 Å². The number of hydrogen-bond donors (Lipinski definition) is 1. The van der Waals surface area contributed by atoms with Gasteiger partial charge in [-0.15, -0.1) is 0 Å². The summed E-state index contributed by atoms with van der Waals surface area (Å²) in [6.07, 6.45) is 1.65. The molecule has 0 aliphatic rings. The molecule has 0 saturated carbocycles. The standard InChI is InChI=1S/C14H11N3OS/c1-9-5-4-8-15-12(9)17-13(18)10-6-2-3-7-11(10)16-14(17)19/h2-8H,1H3,(H,16,19). The Kier molecular flexibility index (Phi) is 2.76. The molecule has 0 amide bonds. The molecule has 1 N–H and O–H groups in total. The molecule has 0 bridgehead atoms. The summed E-state index contributed by atoms with van der Waals surface area (Å²) in [5.41, 5.74) is 1.49. The lowest BCUT2D eigenvalue weighted by Gasteiger charge is -2.09. The van der Waals surface area contributed by atoms with E-state index in [0.29, 0.717) is 16.0 Å². The van der Waals surface area contributed by atoms with Gasteiger partial charge in [0.05, 0.1) is 10.9 Å². The smallest absolute Gasteiger partial charge is 0.267 e. The number of pyridine rings is 1. The van der Waals surface area contributed by atoms with Crippen molar-refractivity contribution in [1.82, 2.24) is 14.5 Å². The van der Waals surface area contributed by atoms with E-state index in [2.05, 4.69) is 9.97 Å². The van der Waals surface area contributed by atoms with Crippen LogP contribution in [0.25, 0.3) is 16.7 Å². The normalized spacial score (nSPS) is 10.8. The lowest BCUT2D eigenvalue weighted by atomic mass is 10.2. The molecule has 0 saturated heterocycles. The lowest BCUT2D eigenvalue weighted by Crippen LogP contribution is -2.22. The zero-order chi connectivity index (χ0) is 13.4. The minimum Gasteiger partial charge on any atom is -0.331 e. The zero-order valence-electron chi connectivity index (χ0n) is 10.3. The SMILES string of the molecule is Cc1cccnc1-n1c(=S)[nH]c2ccccc2c1=O. The summed E-state index contributed by atoms with van der Waals surface area (Å²) in [6.45, 7) is 1.90. The molecular weight excluding hydrogens is 258 g/mol. The zero-order valence-corrected chi connectivity index (χ0v) is 11.1. The van der Waals surface area contributed by atoms with E-state index in [1.54, 1.807) is 12.3 Å². The second-order valence-electron chi connectivity index (χ2n) is 4.26. The predicted molar refractivity (Wildman–Crippen MR) is 77.3 cm³/mol. The summed E-state index contributed by atoms with van der Waals surface area (Å²) in [5, 5.41) is 0.598. The van der Waals surface area contributed by atoms with Crippen molar-refractivity contribution in [3.63, 3.8) is 0 Å². The van der Waals surface area contributed by atoms with E-state index in [1.807, 2.05) is 37.3 Å². The molecule has 0 fully saturated rings. The van der Waals surface area contributed by atoms with Crippen LogP contribution in [0.3, 0.4) is 0 Å². The van der Waals surface area contributed by atoms with Gasteiger partial charge in [-0.2, -0.15) is 0 Å². The highest BCUT2D eigenvalue weighted by Crippen LogP contribution is 2.11. The summed E-state index contributed by atoms with van der Waals surface area (Å²) >= 11 is 5.28. The Morgan fingerprint density at radius 2 is 2.00 bits per heavy atom. The first kappa shape index (κ1) is 11.8. The van der Waals surface area contributed by atoms with Crippen molar-refractivity contribution in [2.45, 2.75) is 6.92 Å². The third-order valence-corrected chi connectivity index (χ3v) is 3.28. The van der Waals surface area contributed by atoms with Crippen LogP contribution in [0.5, 0.6) is 0 Å². The number of benzene rings is 1. The minimum absolute atomic E-state index is 0.152. The highest BCUT2D eigenvalue weighted by atomic mass is 32.1. The quantitative estimate of drug-likeness (QED) is 0.691. The molecule has 0 unspecified atom stereocenters. The summed E-state index contributed by atoms with van der Waals surface area (Å²) in [6, 6.07) is 11.0. The van der Waals surface area contributed by atoms with E-state index in [0.717, 1.165) is 11.1 Å². The largest absolute Gasteiger partial charge is 0.331 e. The number of aromatic amines is 1. The van der Waals surface area contributed by atoms with Crippen LogP contribution in [0.2, 0.25) is 0 Å². The Morgan fingerprint density at radius 3 is 2.79 bits per heavy atom. The Balaban J connectivity index is 2.47. The van der Waals surface area contributed by atoms with Gasteiger partial charge in [-0.05, 0) is 42.9 Å². The van der Waals surface area contributed by atoms with Crippen molar-refractivity contribution in [2.24, 2.45) is 0 Å². The third-order valence-electron chi connectivity index (χ3n) is 3.00. The second kappa shape index (κ2) is 4.44. The highest BCUT2D eigenvalue weighted by molar-refractivity contribution is 7.71. The van der Waals surface area contributed by atoms with Crippen molar-refractivity contribution in [1.29, 1.82) is 0 Å². The molecule has 0 spiro atoms. The van der Waals surface area contributed by atoms with Crippen LogP contribution in [0.15, 0.2) is 47.4 Å². The minimum atomic E-state index is -0.152. The van der Waals surface area contributed by atoms with Crippen molar-refractivity contribution in [2.75, 3.05) is 0 Å². The maximum absolute atomic E-state index is 12.5. The maximum Gasteiger partial charge on any atom is 0.267 e. The molecule has 2 heterocycles. The first-order valence-corrected chi connectivity index (χ1v) is 6.25. The van der Waals surface area contributed by atoms with Crippen molar-refractivity contribution < 1.29 is 0 Å². The van der Waals surface area contributed by atoms with Gasteiger partial charge in [-0.3, -0.25) is 4.79 Å². The van der Waals surface area contributed by atoms with Gasteiger partial charge in [0.1, 0.15) is 5.82 Å².